The molecule has 1 aliphatic rings. The number of carbonyl (C=O) groups is 1. The summed E-state index contributed by atoms with van der Waals surface area (Å²) in [5, 5.41) is 7.37. The van der Waals surface area contributed by atoms with Crippen LogP contribution >= 0.6 is 11.6 Å². The zero-order valence-electron chi connectivity index (χ0n) is 9.63. The highest BCUT2D eigenvalue weighted by Crippen LogP contribution is 2.38. The first-order valence-electron chi connectivity index (χ1n) is 5.54. The van der Waals surface area contributed by atoms with E-state index in [-0.39, 0.29) is 5.91 Å². The molecule has 1 N–H and O–H groups in total. The van der Waals surface area contributed by atoms with Gasteiger partial charge < -0.3 is 5.32 Å². The summed E-state index contributed by atoms with van der Waals surface area (Å²) >= 11 is 5.90. The number of rotatable bonds is 1. The molecule has 2 aromatic carbocycles. The van der Waals surface area contributed by atoms with Crippen LogP contribution in [0.25, 0.3) is 0 Å². The van der Waals surface area contributed by atoms with Gasteiger partial charge in [-0.25, -0.2) is 0 Å². The Balaban J connectivity index is 2.29. The van der Waals surface area contributed by atoms with Crippen molar-refractivity contribution in [1.29, 1.82) is 0 Å². The highest BCUT2D eigenvalue weighted by Gasteiger charge is 2.25. The summed E-state index contributed by atoms with van der Waals surface area (Å²) in [5.74, 6) is -0.301. The van der Waals surface area contributed by atoms with Crippen LogP contribution in [0.1, 0.15) is 10.4 Å². The van der Waals surface area contributed by atoms with Crippen molar-refractivity contribution in [3.8, 4) is 0 Å². The molecule has 0 fully saturated rings. The predicted molar refractivity (Wildman–Crippen MR) is 73.8 cm³/mol. The minimum atomic E-state index is -0.301. The third kappa shape index (κ3) is 1.84. The number of halogens is 1. The number of hydrogen-bond donors (Lipinski definition) is 1. The molecule has 5 nitrogen and oxygen atoms in total. The number of fused-ring (bicyclic) bond motifs is 2. The zero-order chi connectivity index (χ0) is 13.4. The largest absolute Gasteiger partial charge is 0.320 e. The van der Waals surface area contributed by atoms with Crippen molar-refractivity contribution < 1.29 is 4.79 Å². The number of nitrogens with zero attached hydrogens (tertiary/aromatic N) is 2. The maximum atomic E-state index is 12.1. The SMILES string of the molecule is O=NN1c2ccc(Cl)cc2NC(=O)c2ccccc21. The number of hydrogen-bond acceptors (Lipinski definition) is 3. The van der Waals surface area contributed by atoms with Gasteiger partial charge in [0.1, 0.15) is 0 Å². The van der Waals surface area contributed by atoms with Gasteiger partial charge >= 0.3 is 0 Å². The highest BCUT2D eigenvalue weighted by molar-refractivity contribution is 6.31. The van der Waals surface area contributed by atoms with Crippen LogP contribution in [0, 0.1) is 4.91 Å². The van der Waals surface area contributed by atoms with Gasteiger partial charge in [0.2, 0.25) is 0 Å². The summed E-state index contributed by atoms with van der Waals surface area (Å²) in [4.78, 5) is 23.3. The molecule has 0 aromatic heterocycles. The van der Waals surface area contributed by atoms with Crippen LogP contribution in [0.15, 0.2) is 47.8 Å². The molecule has 0 unspecified atom stereocenters. The standard InChI is InChI=1S/C13H8ClN3O2/c14-8-5-6-12-10(7-8)15-13(18)9-3-1-2-4-11(9)17(12)16-19/h1-7H,(H,15,18). The van der Waals surface area contributed by atoms with Gasteiger partial charge in [0.15, 0.2) is 0 Å². The van der Waals surface area contributed by atoms with E-state index in [4.69, 9.17) is 11.6 Å². The van der Waals surface area contributed by atoms with E-state index in [9.17, 15) is 9.70 Å². The van der Waals surface area contributed by atoms with Crippen molar-refractivity contribution in [1.82, 2.24) is 0 Å². The van der Waals surface area contributed by atoms with E-state index in [1.54, 1.807) is 42.5 Å². The zero-order valence-corrected chi connectivity index (χ0v) is 10.4. The molecule has 0 radical (unpaired) electrons. The second kappa shape index (κ2) is 4.37. The normalized spacial score (nSPS) is 13.1. The first-order valence-corrected chi connectivity index (χ1v) is 5.92. The van der Waals surface area contributed by atoms with E-state index in [0.29, 0.717) is 27.6 Å². The fraction of sp³-hybridized carbons (Fsp3) is 0. The number of benzene rings is 2. The molecule has 0 saturated heterocycles. The van der Waals surface area contributed by atoms with Gasteiger partial charge in [-0.15, -0.1) is 4.91 Å². The van der Waals surface area contributed by atoms with E-state index < -0.39 is 0 Å². The fourth-order valence-electron chi connectivity index (χ4n) is 2.05. The van der Waals surface area contributed by atoms with Crippen LogP contribution in [0.5, 0.6) is 0 Å². The first kappa shape index (κ1) is 11.7. The van der Waals surface area contributed by atoms with Gasteiger partial charge in [-0.3, -0.25) is 4.79 Å². The van der Waals surface area contributed by atoms with Gasteiger partial charge in [-0.2, -0.15) is 5.01 Å². The lowest BCUT2D eigenvalue weighted by molar-refractivity contribution is 0.102. The molecule has 1 amide bonds. The minimum Gasteiger partial charge on any atom is -0.320 e. The maximum Gasteiger partial charge on any atom is 0.257 e. The molecule has 19 heavy (non-hydrogen) atoms. The van der Waals surface area contributed by atoms with Gasteiger partial charge in [0, 0.05) is 5.02 Å². The lowest BCUT2D eigenvalue weighted by Crippen LogP contribution is -2.11. The van der Waals surface area contributed by atoms with Crippen molar-refractivity contribution in [2.75, 3.05) is 10.3 Å². The minimum absolute atomic E-state index is 0.301. The van der Waals surface area contributed by atoms with Crippen molar-refractivity contribution in [2.45, 2.75) is 0 Å². The number of carbonyl (C=O) groups excluding carboxylic acids is 1. The molecule has 0 aliphatic carbocycles. The quantitative estimate of drug-likeness (QED) is 0.805. The van der Waals surface area contributed by atoms with E-state index in [1.165, 1.54) is 5.01 Å². The molecule has 6 heteroatoms. The molecule has 3 rings (SSSR count). The molecule has 0 spiro atoms. The number of nitrogens with one attached hydrogen (secondary N) is 1. The predicted octanol–water partition coefficient (Wildman–Crippen LogP) is 3.73. The summed E-state index contributed by atoms with van der Waals surface area (Å²) < 4.78 is 0. The second-order valence-electron chi connectivity index (χ2n) is 4.03. The monoisotopic (exact) mass is 273 g/mol. The highest BCUT2D eigenvalue weighted by atomic mass is 35.5. The second-order valence-corrected chi connectivity index (χ2v) is 4.46. The molecule has 1 aliphatic heterocycles. The smallest absolute Gasteiger partial charge is 0.257 e. The molecule has 94 valence electrons. The van der Waals surface area contributed by atoms with Gasteiger partial charge in [0.25, 0.3) is 5.91 Å². The van der Waals surface area contributed by atoms with Crippen LogP contribution < -0.4 is 10.3 Å². The van der Waals surface area contributed by atoms with Crippen molar-refractivity contribution >= 4 is 34.6 Å². The topological polar surface area (TPSA) is 61.8 Å². The summed E-state index contributed by atoms with van der Waals surface area (Å²) in [7, 11) is 0. The lowest BCUT2D eigenvalue weighted by atomic mass is 10.1. The van der Waals surface area contributed by atoms with Crippen molar-refractivity contribution in [2.24, 2.45) is 5.29 Å². The maximum absolute atomic E-state index is 12.1. The molecule has 0 atom stereocenters. The Bertz CT molecular complexity index is 687. The molecular formula is C13H8ClN3O2. The molecule has 0 saturated carbocycles. The average molecular weight is 274 g/mol. The lowest BCUT2D eigenvalue weighted by Gasteiger charge is -2.16. The summed E-state index contributed by atoms with van der Waals surface area (Å²) in [6.07, 6.45) is 0. The number of nitroso groups, excluding NO2 is 1. The molecule has 0 bridgehead atoms. The number of para-hydroxylation sites is 1. The number of amides is 1. The first-order chi connectivity index (χ1) is 9.20. The van der Waals surface area contributed by atoms with Crippen LogP contribution in [0.3, 0.4) is 0 Å². The van der Waals surface area contributed by atoms with E-state index in [0.717, 1.165) is 0 Å². The van der Waals surface area contributed by atoms with E-state index >= 15 is 0 Å². The third-order valence-corrected chi connectivity index (χ3v) is 3.13. The third-order valence-electron chi connectivity index (χ3n) is 2.89. The molecular weight excluding hydrogens is 266 g/mol. The Morgan fingerprint density at radius 1 is 1.11 bits per heavy atom. The summed E-state index contributed by atoms with van der Waals surface area (Å²) in [6.45, 7) is 0. The molecule has 2 aromatic rings. The van der Waals surface area contributed by atoms with Gasteiger partial charge in [-0.1, -0.05) is 23.7 Å². The van der Waals surface area contributed by atoms with Gasteiger partial charge in [0.05, 0.1) is 27.9 Å². The summed E-state index contributed by atoms with van der Waals surface area (Å²) in [5.41, 5.74) is 1.76. The van der Waals surface area contributed by atoms with Crippen LogP contribution in [-0.2, 0) is 0 Å². The fourth-order valence-corrected chi connectivity index (χ4v) is 2.22. The van der Waals surface area contributed by atoms with Gasteiger partial charge in [-0.05, 0) is 30.3 Å². The Labute approximate surface area is 113 Å². The van der Waals surface area contributed by atoms with E-state index in [1.807, 2.05) is 0 Å². The molecule has 1 heterocycles. The Morgan fingerprint density at radius 3 is 2.68 bits per heavy atom. The van der Waals surface area contributed by atoms with Crippen LogP contribution in [-0.4, -0.2) is 5.91 Å². The number of anilines is 3. The summed E-state index contributed by atoms with van der Waals surface area (Å²) in [6, 6.07) is 11.6. The Kier molecular flexibility index (Phi) is 2.68. The van der Waals surface area contributed by atoms with Crippen LogP contribution in [0.2, 0.25) is 5.02 Å². The van der Waals surface area contributed by atoms with Crippen molar-refractivity contribution in [3.63, 3.8) is 0 Å². The van der Waals surface area contributed by atoms with Crippen LogP contribution in [0.4, 0.5) is 17.1 Å². The van der Waals surface area contributed by atoms with Crippen molar-refractivity contribution in [3.05, 3.63) is 58.0 Å². The Hall–Kier alpha value is -2.40. The Morgan fingerprint density at radius 2 is 1.89 bits per heavy atom. The van der Waals surface area contributed by atoms with E-state index in [2.05, 4.69) is 10.6 Å². The average Bonchev–Trinajstić information content (AvgIpc) is 2.53.